The Bertz CT molecular complexity index is 727. The fraction of sp³-hybridized carbons (Fsp3) is 0.294. The highest BCUT2D eigenvalue weighted by Crippen LogP contribution is 2.26. The average molecular weight is 350 g/mol. The normalized spacial score (nSPS) is 13.2. The third-order valence-electron chi connectivity index (χ3n) is 3.51. The van der Waals surface area contributed by atoms with E-state index in [9.17, 15) is 9.59 Å². The number of anilines is 2. The van der Waals surface area contributed by atoms with E-state index in [4.69, 9.17) is 21.8 Å². The van der Waals surface area contributed by atoms with E-state index in [0.29, 0.717) is 22.8 Å². The average Bonchev–Trinajstić information content (AvgIpc) is 3.04. The van der Waals surface area contributed by atoms with Crippen LogP contribution in [0.25, 0.3) is 0 Å². The van der Waals surface area contributed by atoms with Crippen LogP contribution < -0.4 is 16.4 Å². The van der Waals surface area contributed by atoms with Crippen LogP contribution in [0.3, 0.4) is 0 Å². The smallest absolute Gasteiger partial charge is 0.291 e. The number of halogens is 1. The SMILES string of the molecule is CCCC(C)(N)C(=O)Nc1ccc(NC(=O)c2ccco2)c(Cl)c1. The van der Waals surface area contributed by atoms with Crippen LogP contribution in [-0.2, 0) is 4.79 Å². The summed E-state index contributed by atoms with van der Waals surface area (Å²) in [6.07, 6.45) is 2.79. The maximum absolute atomic E-state index is 12.2. The molecule has 0 saturated carbocycles. The molecule has 6 nitrogen and oxygen atoms in total. The van der Waals surface area contributed by atoms with Crippen molar-refractivity contribution in [1.29, 1.82) is 0 Å². The van der Waals surface area contributed by atoms with E-state index >= 15 is 0 Å². The number of benzene rings is 1. The Morgan fingerprint density at radius 1 is 1.29 bits per heavy atom. The summed E-state index contributed by atoms with van der Waals surface area (Å²) >= 11 is 6.17. The van der Waals surface area contributed by atoms with Gasteiger partial charge in [0.2, 0.25) is 5.91 Å². The van der Waals surface area contributed by atoms with Crippen molar-refractivity contribution < 1.29 is 14.0 Å². The quantitative estimate of drug-likeness (QED) is 0.741. The van der Waals surface area contributed by atoms with Crippen LogP contribution >= 0.6 is 11.6 Å². The molecule has 1 aromatic heterocycles. The third kappa shape index (κ3) is 4.37. The van der Waals surface area contributed by atoms with Gasteiger partial charge in [-0.3, -0.25) is 9.59 Å². The lowest BCUT2D eigenvalue weighted by molar-refractivity contribution is -0.120. The molecule has 0 aliphatic carbocycles. The first-order chi connectivity index (χ1) is 11.3. The lowest BCUT2D eigenvalue weighted by Gasteiger charge is -2.23. The molecule has 2 rings (SSSR count). The molecule has 0 spiro atoms. The number of carbonyl (C=O) groups excluding carboxylic acids is 2. The zero-order valence-electron chi connectivity index (χ0n) is 13.6. The fourth-order valence-corrected chi connectivity index (χ4v) is 2.42. The summed E-state index contributed by atoms with van der Waals surface area (Å²) in [5.41, 5.74) is 5.97. The summed E-state index contributed by atoms with van der Waals surface area (Å²) in [5.74, 6) is -0.508. The first-order valence-electron chi connectivity index (χ1n) is 7.58. The molecule has 1 unspecified atom stereocenters. The molecule has 24 heavy (non-hydrogen) atoms. The van der Waals surface area contributed by atoms with Crippen molar-refractivity contribution in [3.05, 3.63) is 47.4 Å². The van der Waals surface area contributed by atoms with Gasteiger partial charge in [-0.1, -0.05) is 24.9 Å². The molecule has 2 amide bonds. The van der Waals surface area contributed by atoms with Gasteiger partial charge in [-0.25, -0.2) is 0 Å². The highest BCUT2D eigenvalue weighted by Gasteiger charge is 2.27. The number of hydrogen-bond acceptors (Lipinski definition) is 4. The van der Waals surface area contributed by atoms with Crippen LogP contribution in [0.5, 0.6) is 0 Å². The Labute approximate surface area is 145 Å². The van der Waals surface area contributed by atoms with Gasteiger partial charge < -0.3 is 20.8 Å². The first kappa shape index (κ1) is 18.0. The monoisotopic (exact) mass is 349 g/mol. The molecular formula is C17H20ClN3O3. The second-order valence-electron chi connectivity index (χ2n) is 5.75. The fourth-order valence-electron chi connectivity index (χ4n) is 2.19. The molecule has 1 aromatic carbocycles. The molecule has 0 bridgehead atoms. The van der Waals surface area contributed by atoms with Crippen LogP contribution in [0, 0.1) is 0 Å². The Hall–Kier alpha value is -2.31. The van der Waals surface area contributed by atoms with Gasteiger partial charge in [0.15, 0.2) is 5.76 Å². The van der Waals surface area contributed by atoms with E-state index in [-0.39, 0.29) is 11.7 Å². The molecular weight excluding hydrogens is 330 g/mol. The highest BCUT2D eigenvalue weighted by molar-refractivity contribution is 6.34. The standard InChI is InChI=1S/C17H20ClN3O3/c1-3-8-17(2,19)16(23)20-11-6-7-13(12(18)10-11)21-15(22)14-5-4-9-24-14/h4-7,9-10H,3,8,19H2,1-2H3,(H,20,23)(H,21,22). The molecule has 7 heteroatoms. The molecule has 128 valence electrons. The maximum Gasteiger partial charge on any atom is 0.291 e. The third-order valence-corrected chi connectivity index (χ3v) is 3.82. The van der Waals surface area contributed by atoms with Gasteiger partial charge in [-0.2, -0.15) is 0 Å². The van der Waals surface area contributed by atoms with Crippen molar-refractivity contribution >= 4 is 34.8 Å². The lowest BCUT2D eigenvalue weighted by atomic mass is 9.96. The number of nitrogens with two attached hydrogens (primary N) is 1. The van der Waals surface area contributed by atoms with Crippen molar-refractivity contribution in [1.82, 2.24) is 0 Å². The summed E-state index contributed by atoms with van der Waals surface area (Å²) in [6, 6.07) is 7.97. The molecule has 0 fully saturated rings. The zero-order valence-corrected chi connectivity index (χ0v) is 14.3. The van der Waals surface area contributed by atoms with Crippen LogP contribution in [0.1, 0.15) is 37.2 Å². The molecule has 1 atom stereocenters. The van der Waals surface area contributed by atoms with Crippen LogP contribution in [0.15, 0.2) is 41.0 Å². The minimum absolute atomic E-state index is 0.182. The maximum atomic E-state index is 12.2. The molecule has 0 saturated heterocycles. The number of hydrogen-bond donors (Lipinski definition) is 3. The van der Waals surface area contributed by atoms with Crippen LogP contribution in [-0.4, -0.2) is 17.4 Å². The summed E-state index contributed by atoms with van der Waals surface area (Å²) < 4.78 is 5.02. The number of rotatable bonds is 6. The Kier molecular flexibility index (Phi) is 5.64. The topological polar surface area (TPSA) is 97.4 Å². The van der Waals surface area contributed by atoms with Gasteiger partial charge in [0, 0.05) is 5.69 Å². The summed E-state index contributed by atoms with van der Waals surface area (Å²) in [7, 11) is 0. The Morgan fingerprint density at radius 3 is 2.62 bits per heavy atom. The Balaban J connectivity index is 2.07. The molecule has 4 N–H and O–H groups in total. The minimum atomic E-state index is -0.951. The van der Waals surface area contributed by atoms with Gasteiger partial charge in [0.1, 0.15) is 0 Å². The van der Waals surface area contributed by atoms with Crippen molar-refractivity contribution in [2.75, 3.05) is 10.6 Å². The summed E-state index contributed by atoms with van der Waals surface area (Å²) in [6.45, 7) is 3.65. The van der Waals surface area contributed by atoms with E-state index in [1.54, 1.807) is 37.3 Å². The van der Waals surface area contributed by atoms with E-state index in [1.165, 1.54) is 6.26 Å². The van der Waals surface area contributed by atoms with E-state index < -0.39 is 11.4 Å². The zero-order chi connectivity index (χ0) is 17.7. The highest BCUT2D eigenvalue weighted by atomic mass is 35.5. The number of amides is 2. The van der Waals surface area contributed by atoms with Crippen LogP contribution in [0.2, 0.25) is 5.02 Å². The van der Waals surface area contributed by atoms with Gasteiger partial charge in [-0.15, -0.1) is 0 Å². The summed E-state index contributed by atoms with van der Waals surface area (Å²) in [4.78, 5) is 24.1. The van der Waals surface area contributed by atoms with Crippen LogP contribution in [0.4, 0.5) is 11.4 Å². The second-order valence-corrected chi connectivity index (χ2v) is 6.15. The van der Waals surface area contributed by atoms with Crippen molar-refractivity contribution in [3.63, 3.8) is 0 Å². The number of carbonyl (C=O) groups is 2. The Morgan fingerprint density at radius 2 is 2.04 bits per heavy atom. The van der Waals surface area contributed by atoms with Gasteiger partial charge in [-0.05, 0) is 43.7 Å². The molecule has 0 radical (unpaired) electrons. The van der Waals surface area contributed by atoms with Crippen molar-refractivity contribution in [2.24, 2.45) is 5.73 Å². The summed E-state index contributed by atoms with van der Waals surface area (Å²) in [5, 5.41) is 5.67. The van der Waals surface area contributed by atoms with Gasteiger partial charge in [0.25, 0.3) is 5.91 Å². The van der Waals surface area contributed by atoms with E-state index in [1.807, 2.05) is 6.92 Å². The predicted molar refractivity (Wildman–Crippen MR) is 94.2 cm³/mol. The van der Waals surface area contributed by atoms with Gasteiger partial charge >= 0.3 is 0 Å². The van der Waals surface area contributed by atoms with Gasteiger partial charge in [0.05, 0.1) is 22.5 Å². The van der Waals surface area contributed by atoms with Crippen molar-refractivity contribution in [2.45, 2.75) is 32.2 Å². The lowest BCUT2D eigenvalue weighted by Crippen LogP contribution is -2.48. The van der Waals surface area contributed by atoms with Crippen molar-refractivity contribution in [3.8, 4) is 0 Å². The molecule has 1 heterocycles. The minimum Gasteiger partial charge on any atom is -0.459 e. The van der Waals surface area contributed by atoms with E-state index in [2.05, 4.69) is 10.6 Å². The van der Waals surface area contributed by atoms with E-state index in [0.717, 1.165) is 6.42 Å². The predicted octanol–water partition coefficient (Wildman–Crippen LogP) is 3.64. The first-order valence-corrected chi connectivity index (χ1v) is 7.96. The molecule has 0 aliphatic rings. The largest absolute Gasteiger partial charge is 0.459 e. The number of nitrogens with one attached hydrogen (secondary N) is 2. The second kappa shape index (κ2) is 7.51. The molecule has 2 aromatic rings. The molecule has 0 aliphatic heterocycles. The number of furan rings is 1.